The van der Waals surface area contributed by atoms with Gasteiger partial charge in [-0.05, 0) is 43.7 Å². The van der Waals surface area contributed by atoms with Crippen LogP contribution in [0, 0.1) is 11.3 Å². The second kappa shape index (κ2) is 5.19. The van der Waals surface area contributed by atoms with Crippen molar-refractivity contribution in [1.82, 2.24) is 14.9 Å². The maximum atomic E-state index is 11.4. The lowest BCUT2D eigenvalue weighted by Crippen LogP contribution is -2.66. The van der Waals surface area contributed by atoms with Crippen molar-refractivity contribution in [3.8, 4) is 0 Å². The predicted octanol–water partition coefficient (Wildman–Crippen LogP) is 0.334. The van der Waals surface area contributed by atoms with E-state index in [1.165, 1.54) is 52.0 Å². The summed E-state index contributed by atoms with van der Waals surface area (Å²) in [5, 5.41) is 3.44. The molecule has 0 amide bonds. The van der Waals surface area contributed by atoms with E-state index >= 15 is 0 Å². The van der Waals surface area contributed by atoms with Crippen molar-refractivity contribution >= 4 is 11.0 Å². The highest BCUT2D eigenvalue weighted by molar-refractivity contribution is 7.82. The van der Waals surface area contributed by atoms with Crippen LogP contribution in [0.1, 0.15) is 26.2 Å². The molecule has 1 aliphatic carbocycles. The SMILES string of the molecule is CCS(=O)NC1CC2(C1)CN(CC1CCNC1)C2. The highest BCUT2D eigenvalue weighted by Gasteiger charge is 2.52. The lowest BCUT2D eigenvalue weighted by molar-refractivity contribution is -0.0788. The summed E-state index contributed by atoms with van der Waals surface area (Å²) in [4.78, 5) is 2.62. The number of hydrogen-bond acceptors (Lipinski definition) is 3. The number of nitrogens with zero attached hydrogens (tertiary/aromatic N) is 1. The zero-order valence-corrected chi connectivity index (χ0v) is 12.1. The number of rotatable bonds is 5. The average Bonchev–Trinajstić information content (AvgIpc) is 2.75. The van der Waals surface area contributed by atoms with Crippen LogP contribution >= 0.6 is 0 Å². The van der Waals surface area contributed by atoms with Gasteiger partial charge in [0.1, 0.15) is 0 Å². The van der Waals surface area contributed by atoms with Gasteiger partial charge in [0, 0.05) is 31.4 Å². The van der Waals surface area contributed by atoms with Crippen LogP contribution < -0.4 is 10.0 Å². The summed E-state index contributed by atoms with van der Waals surface area (Å²) in [6.45, 7) is 8.23. The number of nitrogens with one attached hydrogen (secondary N) is 2. The Morgan fingerprint density at radius 1 is 1.44 bits per heavy atom. The number of hydrogen-bond donors (Lipinski definition) is 2. The smallest absolute Gasteiger partial charge is 0.0915 e. The van der Waals surface area contributed by atoms with Crippen LogP contribution in [0.4, 0.5) is 0 Å². The highest BCUT2D eigenvalue weighted by Crippen LogP contribution is 2.48. The van der Waals surface area contributed by atoms with Gasteiger partial charge in [0.05, 0.1) is 11.0 Å². The minimum Gasteiger partial charge on any atom is -0.316 e. The third kappa shape index (κ3) is 2.64. The third-order valence-electron chi connectivity index (χ3n) is 4.72. The van der Waals surface area contributed by atoms with Gasteiger partial charge in [-0.25, -0.2) is 8.93 Å². The summed E-state index contributed by atoms with van der Waals surface area (Å²) in [7, 11) is -0.801. The van der Waals surface area contributed by atoms with Crippen molar-refractivity contribution in [2.75, 3.05) is 38.5 Å². The molecule has 1 spiro atoms. The first-order valence-electron chi connectivity index (χ1n) is 7.27. The van der Waals surface area contributed by atoms with E-state index in [-0.39, 0.29) is 0 Å². The van der Waals surface area contributed by atoms with E-state index in [9.17, 15) is 4.21 Å². The molecule has 3 fully saturated rings. The first kappa shape index (κ1) is 13.0. The summed E-state index contributed by atoms with van der Waals surface area (Å²) < 4.78 is 14.6. The molecular weight excluding hydrogens is 246 g/mol. The molecule has 104 valence electrons. The van der Waals surface area contributed by atoms with Gasteiger partial charge in [0.15, 0.2) is 0 Å². The fourth-order valence-corrected chi connectivity index (χ4v) is 4.57. The van der Waals surface area contributed by atoms with E-state index < -0.39 is 11.0 Å². The Labute approximate surface area is 112 Å². The fourth-order valence-electron chi connectivity index (χ4n) is 3.86. The second-order valence-electron chi connectivity index (χ2n) is 6.39. The van der Waals surface area contributed by atoms with Crippen molar-refractivity contribution in [1.29, 1.82) is 0 Å². The topological polar surface area (TPSA) is 44.4 Å². The Kier molecular flexibility index (Phi) is 3.76. The molecule has 3 aliphatic rings. The quantitative estimate of drug-likeness (QED) is 0.757. The molecule has 3 rings (SSSR count). The Morgan fingerprint density at radius 3 is 2.83 bits per heavy atom. The summed E-state index contributed by atoms with van der Waals surface area (Å²) in [6, 6.07) is 0.515. The molecule has 0 aromatic heterocycles. The van der Waals surface area contributed by atoms with Crippen molar-refractivity contribution < 1.29 is 4.21 Å². The van der Waals surface area contributed by atoms with Crippen LogP contribution in [0.15, 0.2) is 0 Å². The largest absolute Gasteiger partial charge is 0.316 e. The van der Waals surface area contributed by atoms with Gasteiger partial charge in [0.2, 0.25) is 0 Å². The summed E-state index contributed by atoms with van der Waals surface area (Å²) >= 11 is 0. The zero-order valence-electron chi connectivity index (χ0n) is 11.3. The van der Waals surface area contributed by atoms with Crippen LogP contribution in [-0.2, 0) is 11.0 Å². The minimum absolute atomic E-state index is 0.515. The van der Waals surface area contributed by atoms with E-state index in [0.717, 1.165) is 11.7 Å². The standard InChI is InChI=1S/C13H25N3OS/c1-2-18(17)15-12-5-13(6-12)9-16(10-13)8-11-3-4-14-7-11/h11-12,14-15H,2-10H2,1H3. The fraction of sp³-hybridized carbons (Fsp3) is 1.00. The van der Waals surface area contributed by atoms with Gasteiger partial charge in [-0.2, -0.15) is 0 Å². The second-order valence-corrected chi connectivity index (χ2v) is 7.89. The van der Waals surface area contributed by atoms with E-state index in [1.54, 1.807) is 0 Å². The summed E-state index contributed by atoms with van der Waals surface area (Å²) in [5.74, 6) is 1.61. The molecule has 2 unspecified atom stereocenters. The van der Waals surface area contributed by atoms with Gasteiger partial charge in [0.25, 0.3) is 0 Å². The van der Waals surface area contributed by atoms with Crippen LogP contribution in [0.5, 0.6) is 0 Å². The van der Waals surface area contributed by atoms with Gasteiger partial charge in [-0.15, -0.1) is 0 Å². The van der Waals surface area contributed by atoms with Crippen LogP contribution in [-0.4, -0.2) is 53.6 Å². The first-order chi connectivity index (χ1) is 8.69. The molecule has 2 aliphatic heterocycles. The third-order valence-corrected chi connectivity index (χ3v) is 5.84. The molecule has 2 heterocycles. The maximum Gasteiger partial charge on any atom is 0.0915 e. The lowest BCUT2D eigenvalue weighted by Gasteiger charge is -2.59. The zero-order chi connectivity index (χ0) is 12.6. The summed E-state index contributed by atoms with van der Waals surface area (Å²) in [5.41, 5.74) is 0.585. The maximum absolute atomic E-state index is 11.4. The summed E-state index contributed by atoms with van der Waals surface area (Å²) in [6.07, 6.45) is 3.82. The molecule has 5 heteroatoms. The normalized spacial score (nSPS) is 33.3. The Morgan fingerprint density at radius 2 is 2.22 bits per heavy atom. The molecule has 0 radical (unpaired) electrons. The predicted molar refractivity (Wildman–Crippen MR) is 74.7 cm³/mol. The lowest BCUT2D eigenvalue weighted by atomic mass is 9.61. The molecule has 18 heavy (non-hydrogen) atoms. The van der Waals surface area contributed by atoms with E-state index in [2.05, 4.69) is 14.9 Å². The van der Waals surface area contributed by atoms with Crippen molar-refractivity contribution in [3.63, 3.8) is 0 Å². The molecule has 2 atom stereocenters. The Bertz CT molecular complexity index is 316. The molecule has 2 saturated heterocycles. The molecule has 0 aromatic carbocycles. The average molecular weight is 271 g/mol. The molecule has 0 aromatic rings. The molecule has 2 N–H and O–H groups in total. The van der Waals surface area contributed by atoms with Crippen molar-refractivity contribution in [3.05, 3.63) is 0 Å². The van der Waals surface area contributed by atoms with Crippen molar-refractivity contribution in [2.24, 2.45) is 11.3 Å². The van der Waals surface area contributed by atoms with Gasteiger partial charge >= 0.3 is 0 Å². The molecule has 0 bridgehead atoms. The molecule has 1 saturated carbocycles. The van der Waals surface area contributed by atoms with Crippen molar-refractivity contribution in [2.45, 2.75) is 32.2 Å². The van der Waals surface area contributed by atoms with Gasteiger partial charge in [-0.1, -0.05) is 6.92 Å². The van der Waals surface area contributed by atoms with Crippen LogP contribution in [0.25, 0.3) is 0 Å². The van der Waals surface area contributed by atoms with Gasteiger partial charge < -0.3 is 10.2 Å². The minimum atomic E-state index is -0.801. The molecular formula is C13H25N3OS. The van der Waals surface area contributed by atoms with E-state index in [0.29, 0.717) is 11.5 Å². The van der Waals surface area contributed by atoms with E-state index in [1.807, 2.05) is 6.92 Å². The van der Waals surface area contributed by atoms with Crippen LogP contribution in [0.3, 0.4) is 0 Å². The Balaban J connectivity index is 1.34. The number of likely N-dealkylation sites (tertiary alicyclic amines) is 1. The Hall–Kier alpha value is 0.0300. The molecule has 4 nitrogen and oxygen atoms in total. The van der Waals surface area contributed by atoms with E-state index in [4.69, 9.17) is 0 Å². The highest BCUT2D eigenvalue weighted by atomic mass is 32.2. The van der Waals surface area contributed by atoms with Crippen LogP contribution in [0.2, 0.25) is 0 Å². The first-order valence-corrected chi connectivity index (χ1v) is 8.59. The van der Waals surface area contributed by atoms with Gasteiger partial charge in [-0.3, -0.25) is 0 Å². The monoisotopic (exact) mass is 271 g/mol.